The molecular formula is C21H25ClN2O5. The number of carbonyl (C=O) groups excluding carboxylic acids is 1. The molecule has 1 unspecified atom stereocenters. The van der Waals surface area contributed by atoms with Gasteiger partial charge in [-0.3, -0.25) is 9.59 Å². The maximum Gasteiger partial charge on any atom is 0.320 e. The van der Waals surface area contributed by atoms with E-state index in [1.165, 1.54) is 0 Å². The number of aryl methyl sites for hydroxylation is 1. The number of rotatable bonds is 10. The topological polar surface area (TPSA) is 96.9 Å². The second-order valence-corrected chi connectivity index (χ2v) is 6.87. The highest BCUT2D eigenvalue weighted by Gasteiger charge is 2.15. The van der Waals surface area contributed by atoms with E-state index in [0.717, 1.165) is 5.56 Å². The molecule has 0 heterocycles. The molecule has 2 aromatic rings. The van der Waals surface area contributed by atoms with Crippen LogP contribution in [0.5, 0.6) is 11.5 Å². The van der Waals surface area contributed by atoms with E-state index >= 15 is 0 Å². The first kappa shape index (κ1) is 22.5. The summed E-state index contributed by atoms with van der Waals surface area (Å²) in [4.78, 5) is 23.1. The molecule has 1 amide bonds. The van der Waals surface area contributed by atoms with Crippen molar-refractivity contribution in [3.8, 4) is 11.5 Å². The number of anilines is 1. The Labute approximate surface area is 175 Å². The minimum absolute atomic E-state index is 0.210. The largest absolute Gasteiger partial charge is 0.490 e. The van der Waals surface area contributed by atoms with E-state index in [9.17, 15) is 9.59 Å². The third-order valence-corrected chi connectivity index (χ3v) is 4.43. The zero-order valence-electron chi connectivity index (χ0n) is 16.6. The first-order chi connectivity index (χ1) is 13.8. The summed E-state index contributed by atoms with van der Waals surface area (Å²) in [5.41, 5.74) is 2.45. The molecule has 156 valence electrons. The van der Waals surface area contributed by atoms with Gasteiger partial charge in [-0.15, -0.1) is 0 Å². The van der Waals surface area contributed by atoms with Crippen LogP contribution in [0.1, 0.15) is 25.0 Å². The summed E-state index contributed by atoms with van der Waals surface area (Å²) in [5.74, 6) is -0.495. The lowest BCUT2D eigenvalue weighted by atomic mass is 10.2. The van der Waals surface area contributed by atoms with Gasteiger partial charge in [0.05, 0.1) is 6.61 Å². The van der Waals surface area contributed by atoms with Gasteiger partial charge in [0, 0.05) is 23.3 Å². The van der Waals surface area contributed by atoms with Crippen molar-refractivity contribution in [1.29, 1.82) is 0 Å². The minimum atomic E-state index is -0.953. The molecule has 2 rings (SSSR count). The molecule has 0 spiro atoms. The van der Waals surface area contributed by atoms with Crippen molar-refractivity contribution in [2.24, 2.45) is 0 Å². The molecule has 0 radical (unpaired) electrons. The normalized spacial score (nSPS) is 11.6. The van der Waals surface area contributed by atoms with Gasteiger partial charge in [-0.1, -0.05) is 29.3 Å². The van der Waals surface area contributed by atoms with Crippen molar-refractivity contribution in [3.63, 3.8) is 0 Å². The molecule has 29 heavy (non-hydrogen) atoms. The fourth-order valence-corrected chi connectivity index (χ4v) is 2.64. The number of hydrogen-bond donors (Lipinski definition) is 3. The second kappa shape index (κ2) is 10.7. The Morgan fingerprint density at radius 3 is 2.41 bits per heavy atom. The summed E-state index contributed by atoms with van der Waals surface area (Å²) in [6.45, 7) is 5.77. The molecular weight excluding hydrogens is 396 g/mol. The van der Waals surface area contributed by atoms with Crippen LogP contribution < -0.4 is 20.1 Å². The molecule has 0 aliphatic rings. The molecule has 0 saturated carbocycles. The lowest BCUT2D eigenvalue weighted by molar-refractivity contribution is -0.139. The Bertz CT molecular complexity index is 855. The third kappa shape index (κ3) is 6.96. The van der Waals surface area contributed by atoms with Gasteiger partial charge in [-0.25, -0.2) is 0 Å². The number of hydrogen-bond acceptors (Lipinski definition) is 5. The van der Waals surface area contributed by atoms with Crippen molar-refractivity contribution < 1.29 is 24.2 Å². The van der Waals surface area contributed by atoms with Crippen LogP contribution in [0, 0.1) is 6.92 Å². The minimum Gasteiger partial charge on any atom is -0.490 e. The number of aliphatic carboxylic acids is 1. The fourth-order valence-electron chi connectivity index (χ4n) is 2.42. The fraction of sp³-hybridized carbons (Fsp3) is 0.333. The molecule has 0 aliphatic carbocycles. The summed E-state index contributed by atoms with van der Waals surface area (Å²) >= 11 is 6.30. The number of benzene rings is 2. The van der Waals surface area contributed by atoms with Crippen LogP contribution in [-0.4, -0.2) is 36.2 Å². The summed E-state index contributed by atoms with van der Waals surface area (Å²) in [7, 11) is 0. The average molecular weight is 421 g/mol. The van der Waals surface area contributed by atoms with Crippen LogP contribution in [0.4, 0.5) is 5.69 Å². The Kier molecular flexibility index (Phi) is 8.30. The number of carboxylic acids is 1. The molecule has 0 aliphatic heterocycles. The summed E-state index contributed by atoms with van der Waals surface area (Å²) in [5, 5.41) is 15.0. The molecule has 0 saturated heterocycles. The Morgan fingerprint density at radius 2 is 1.79 bits per heavy atom. The quantitative estimate of drug-likeness (QED) is 0.543. The van der Waals surface area contributed by atoms with Crippen molar-refractivity contribution in [3.05, 3.63) is 52.5 Å². The maximum atomic E-state index is 12.2. The predicted octanol–water partition coefficient (Wildman–Crippen LogP) is 3.63. The lowest BCUT2D eigenvalue weighted by Crippen LogP contribution is -2.33. The van der Waals surface area contributed by atoms with E-state index in [0.29, 0.717) is 34.4 Å². The molecule has 0 bridgehead atoms. The molecule has 2 aromatic carbocycles. The first-order valence-electron chi connectivity index (χ1n) is 9.20. The highest BCUT2D eigenvalue weighted by Crippen LogP contribution is 2.33. The van der Waals surface area contributed by atoms with E-state index in [-0.39, 0.29) is 19.1 Å². The monoisotopic (exact) mass is 420 g/mol. The zero-order chi connectivity index (χ0) is 21.4. The zero-order valence-corrected chi connectivity index (χ0v) is 17.4. The van der Waals surface area contributed by atoms with Crippen LogP contribution in [0.15, 0.2) is 36.4 Å². The van der Waals surface area contributed by atoms with Gasteiger partial charge in [-0.2, -0.15) is 0 Å². The van der Waals surface area contributed by atoms with E-state index in [2.05, 4.69) is 10.6 Å². The van der Waals surface area contributed by atoms with E-state index in [1.54, 1.807) is 19.1 Å². The highest BCUT2D eigenvalue weighted by atomic mass is 35.5. The van der Waals surface area contributed by atoms with E-state index in [1.807, 2.05) is 38.1 Å². The number of carboxylic acid groups (broad SMARTS) is 1. The number of halogens is 1. The SMILES string of the molecule is CCOc1cc(CNC(C)C(=O)O)c(Cl)cc1OCC(=O)Nc1ccc(C)cc1. The number of carbonyl (C=O) groups is 2. The van der Waals surface area contributed by atoms with Crippen LogP contribution >= 0.6 is 11.6 Å². The molecule has 0 aromatic heterocycles. The summed E-state index contributed by atoms with van der Waals surface area (Å²) in [6.07, 6.45) is 0. The van der Waals surface area contributed by atoms with Crippen molar-refractivity contribution in [2.45, 2.75) is 33.4 Å². The predicted molar refractivity (Wildman–Crippen MR) is 112 cm³/mol. The van der Waals surface area contributed by atoms with Crippen molar-refractivity contribution in [1.82, 2.24) is 5.32 Å². The van der Waals surface area contributed by atoms with Crippen LogP contribution in [0.2, 0.25) is 5.02 Å². The third-order valence-electron chi connectivity index (χ3n) is 4.08. The maximum absolute atomic E-state index is 12.2. The Hall–Kier alpha value is -2.77. The number of ether oxygens (including phenoxy) is 2. The van der Waals surface area contributed by atoms with Gasteiger partial charge in [0.2, 0.25) is 0 Å². The average Bonchev–Trinajstić information content (AvgIpc) is 2.68. The second-order valence-electron chi connectivity index (χ2n) is 6.47. The lowest BCUT2D eigenvalue weighted by Gasteiger charge is -2.16. The summed E-state index contributed by atoms with van der Waals surface area (Å²) in [6, 6.07) is 9.96. The molecule has 8 heteroatoms. The first-order valence-corrected chi connectivity index (χ1v) is 9.58. The molecule has 3 N–H and O–H groups in total. The summed E-state index contributed by atoms with van der Waals surface area (Å²) < 4.78 is 11.2. The van der Waals surface area contributed by atoms with Gasteiger partial charge < -0.3 is 25.2 Å². The number of amides is 1. The smallest absolute Gasteiger partial charge is 0.320 e. The van der Waals surface area contributed by atoms with E-state index < -0.39 is 12.0 Å². The standard InChI is InChI=1S/C21H25ClN2O5/c1-4-28-18-9-15(11-23-14(3)21(26)27)17(22)10-19(18)29-12-20(25)24-16-7-5-13(2)6-8-16/h5-10,14,23H,4,11-12H2,1-3H3,(H,24,25)(H,26,27). The van der Waals surface area contributed by atoms with E-state index in [4.69, 9.17) is 26.2 Å². The van der Waals surface area contributed by atoms with Gasteiger partial charge in [0.1, 0.15) is 6.04 Å². The van der Waals surface area contributed by atoms with Gasteiger partial charge >= 0.3 is 5.97 Å². The Morgan fingerprint density at radius 1 is 1.14 bits per heavy atom. The Balaban J connectivity index is 2.04. The highest BCUT2D eigenvalue weighted by molar-refractivity contribution is 6.31. The van der Waals surface area contributed by atoms with Gasteiger partial charge in [0.25, 0.3) is 5.91 Å². The van der Waals surface area contributed by atoms with Crippen LogP contribution in [0.25, 0.3) is 0 Å². The van der Waals surface area contributed by atoms with Crippen molar-refractivity contribution >= 4 is 29.2 Å². The van der Waals surface area contributed by atoms with Crippen molar-refractivity contribution in [2.75, 3.05) is 18.5 Å². The molecule has 7 nitrogen and oxygen atoms in total. The van der Waals surface area contributed by atoms with Gasteiger partial charge in [0.15, 0.2) is 18.1 Å². The number of nitrogens with one attached hydrogen (secondary N) is 2. The van der Waals surface area contributed by atoms with Crippen LogP contribution in [0.3, 0.4) is 0 Å². The molecule has 1 atom stereocenters. The van der Waals surface area contributed by atoms with Crippen LogP contribution in [-0.2, 0) is 16.1 Å². The molecule has 0 fully saturated rings. The van der Waals surface area contributed by atoms with Gasteiger partial charge in [-0.05, 0) is 44.5 Å².